The van der Waals surface area contributed by atoms with E-state index in [4.69, 9.17) is 4.74 Å². The molecule has 0 radical (unpaired) electrons. The number of ketones is 1. The Morgan fingerprint density at radius 3 is 2.67 bits per heavy atom. The Balaban J connectivity index is 2.26. The van der Waals surface area contributed by atoms with Crippen LogP contribution in [0.4, 0.5) is 4.79 Å². The Hall–Kier alpha value is -1.91. The van der Waals surface area contributed by atoms with Gasteiger partial charge in [-0.05, 0) is 24.6 Å². The third-order valence-corrected chi connectivity index (χ3v) is 1.60. The molecule has 1 heterocycles. The molecule has 0 aliphatic carbocycles. The topological polar surface area (TPSA) is 68.3 Å². The van der Waals surface area contributed by atoms with Gasteiger partial charge in [0.2, 0.25) is 0 Å². The lowest BCUT2D eigenvalue weighted by atomic mass is 10.3. The minimum Gasteiger partial charge on any atom is -0.445 e. The molecule has 5 nitrogen and oxygen atoms in total. The summed E-state index contributed by atoms with van der Waals surface area (Å²) >= 11 is 0. The van der Waals surface area contributed by atoms with Crippen molar-refractivity contribution in [1.29, 1.82) is 0 Å². The van der Waals surface area contributed by atoms with Gasteiger partial charge in [0.25, 0.3) is 0 Å². The number of aromatic nitrogens is 1. The Labute approximate surface area is 87.5 Å². The second kappa shape index (κ2) is 5.74. The molecule has 0 aromatic carbocycles. The SMILES string of the molecule is CC(=O)CNC(=O)OCc1ccncc1. The maximum atomic E-state index is 11.0. The second-order valence-corrected chi connectivity index (χ2v) is 2.99. The van der Waals surface area contributed by atoms with Crippen LogP contribution in [0.3, 0.4) is 0 Å². The second-order valence-electron chi connectivity index (χ2n) is 2.99. The van der Waals surface area contributed by atoms with Crippen LogP contribution in [0.15, 0.2) is 24.5 Å². The molecular formula is C10H12N2O3. The van der Waals surface area contributed by atoms with Crippen molar-refractivity contribution in [2.45, 2.75) is 13.5 Å². The van der Waals surface area contributed by atoms with Crippen LogP contribution in [0.1, 0.15) is 12.5 Å². The molecule has 1 amide bonds. The predicted octanol–water partition coefficient (Wildman–Crippen LogP) is 0.897. The van der Waals surface area contributed by atoms with Crippen molar-refractivity contribution in [3.63, 3.8) is 0 Å². The van der Waals surface area contributed by atoms with E-state index in [1.807, 2.05) is 0 Å². The van der Waals surface area contributed by atoms with Crippen LogP contribution in [0.2, 0.25) is 0 Å². The first kappa shape index (κ1) is 11.2. The van der Waals surface area contributed by atoms with Gasteiger partial charge in [0.1, 0.15) is 12.4 Å². The maximum Gasteiger partial charge on any atom is 0.407 e. The molecule has 0 saturated carbocycles. The van der Waals surface area contributed by atoms with Crippen molar-refractivity contribution in [3.8, 4) is 0 Å². The molecule has 1 aromatic rings. The summed E-state index contributed by atoms with van der Waals surface area (Å²) in [5, 5.41) is 2.33. The molecule has 0 atom stereocenters. The lowest BCUT2D eigenvalue weighted by Crippen LogP contribution is -2.28. The minimum absolute atomic E-state index is 0.00478. The molecule has 0 fully saturated rings. The van der Waals surface area contributed by atoms with E-state index in [1.165, 1.54) is 6.92 Å². The summed E-state index contributed by atoms with van der Waals surface area (Å²) in [5.41, 5.74) is 0.850. The van der Waals surface area contributed by atoms with Gasteiger partial charge in [-0.1, -0.05) is 0 Å². The van der Waals surface area contributed by atoms with Crippen LogP contribution in [-0.4, -0.2) is 23.4 Å². The number of ether oxygens (including phenoxy) is 1. The Bertz CT molecular complexity index is 338. The number of hydrogen-bond donors (Lipinski definition) is 1. The number of carbonyl (C=O) groups is 2. The number of carbonyl (C=O) groups excluding carboxylic acids is 2. The van der Waals surface area contributed by atoms with Crippen LogP contribution in [0, 0.1) is 0 Å². The van der Waals surface area contributed by atoms with Gasteiger partial charge in [-0.15, -0.1) is 0 Å². The molecule has 0 spiro atoms. The molecule has 0 saturated heterocycles. The number of hydrogen-bond acceptors (Lipinski definition) is 4. The minimum atomic E-state index is -0.595. The molecule has 1 rings (SSSR count). The largest absolute Gasteiger partial charge is 0.445 e. The molecule has 0 unspecified atom stereocenters. The maximum absolute atomic E-state index is 11.0. The van der Waals surface area contributed by atoms with Gasteiger partial charge < -0.3 is 10.1 Å². The first-order valence-electron chi connectivity index (χ1n) is 4.47. The van der Waals surface area contributed by atoms with Crippen LogP contribution in [0.25, 0.3) is 0 Å². The zero-order valence-corrected chi connectivity index (χ0v) is 8.40. The average molecular weight is 208 g/mol. The van der Waals surface area contributed by atoms with Crippen LogP contribution < -0.4 is 5.32 Å². The summed E-state index contributed by atoms with van der Waals surface area (Å²) in [6.07, 6.45) is 2.64. The normalized spacial score (nSPS) is 9.40. The first-order valence-corrected chi connectivity index (χ1v) is 4.47. The molecule has 5 heteroatoms. The Kier molecular flexibility index (Phi) is 4.28. The molecule has 0 aliphatic rings. The molecule has 1 aromatic heterocycles. The molecule has 0 bridgehead atoms. The number of pyridine rings is 1. The summed E-state index contributed by atoms with van der Waals surface area (Å²) in [6.45, 7) is 1.56. The highest BCUT2D eigenvalue weighted by Crippen LogP contribution is 1.98. The fraction of sp³-hybridized carbons (Fsp3) is 0.300. The summed E-state index contributed by atoms with van der Waals surface area (Å²) in [6, 6.07) is 3.50. The van der Waals surface area contributed by atoms with Gasteiger partial charge in [0, 0.05) is 12.4 Å². The van der Waals surface area contributed by atoms with Crippen molar-refractivity contribution in [2.75, 3.05) is 6.54 Å². The van der Waals surface area contributed by atoms with Crippen molar-refractivity contribution < 1.29 is 14.3 Å². The smallest absolute Gasteiger partial charge is 0.407 e. The molecule has 1 N–H and O–H groups in total. The highest BCUT2D eigenvalue weighted by Gasteiger charge is 2.02. The van der Waals surface area contributed by atoms with E-state index in [0.29, 0.717) is 0 Å². The number of nitrogens with one attached hydrogen (secondary N) is 1. The van der Waals surface area contributed by atoms with Gasteiger partial charge in [0.15, 0.2) is 0 Å². The van der Waals surface area contributed by atoms with E-state index in [9.17, 15) is 9.59 Å². The number of amides is 1. The highest BCUT2D eigenvalue weighted by atomic mass is 16.5. The van der Waals surface area contributed by atoms with Gasteiger partial charge >= 0.3 is 6.09 Å². The third-order valence-electron chi connectivity index (χ3n) is 1.60. The number of rotatable bonds is 4. The fourth-order valence-corrected chi connectivity index (χ4v) is 0.876. The summed E-state index contributed by atoms with van der Waals surface area (Å²) < 4.78 is 4.85. The average Bonchev–Trinajstić information content (AvgIpc) is 2.25. The highest BCUT2D eigenvalue weighted by molar-refractivity contribution is 5.81. The van der Waals surface area contributed by atoms with E-state index >= 15 is 0 Å². The zero-order chi connectivity index (χ0) is 11.1. The fourth-order valence-electron chi connectivity index (χ4n) is 0.876. The van der Waals surface area contributed by atoms with Gasteiger partial charge in [0.05, 0.1) is 6.54 Å². The Morgan fingerprint density at radius 1 is 1.40 bits per heavy atom. The molecule has 0 aliphatic heterocycles. The lowest BCUT2D eigenvalue weighted by Gasteiger charge is -2.04. The van der Waals surface area contributed by atoms with E-state index in [1.54, 1.807) is 24.5 Å². The summed E-state index contributed by atoms with van der Waals surface area (Å²) in [4.78, 5) is 25.4. The molecule has 15 heavy (non-hydrogen) atoms. The van der Waals surface area contributed by atoms with Crippen LogP contribution in [-0.2, 0) is 16.1 Å². The summed E-state index contributed by atoms with van der Waals surface area (Å²) in [7, 11) is 0. The molecule has 80 valence electrons. The van der Waals surface area contributed by atoms with Crippen molar-refractivity contribution in [2.24, 2.45) is 0 Å². The van der Waals surface area contributed by atoms with Gasteiger partial charge in [-0.2, -0.15) is 0 Å². The number of nitrogens with zero attached hydrogens (tertiary/aromatic N) is 1. The van der Waals surface area contributed by atoms with E-state index in [-0.39, 0.29) is 18.9 Å². The zero-order valence-electron chi connectivity index (χ0n) is 8.40. The molecular weight excluding hydrogens is 196 g/mol. The Morgan fingerprint density at radius 2 is 2.07 bits per heavy atom. The van der Waals surface area contributed by atoms with E-state index in [0.717, 1.165) is 5.56 Å². The lowest BCUT2D eigenvalue weighted by molar-refractivity contribution is -0.116. The number of alkyl carbamates (subject to hydrolysis) is 1. The van der Waals surface area contributed by atoms with E-state index in [2.05, 4.69) is 10.3 Å². The predicted molar refractivity (Wildman–Crippen MR) is 53.1 cm³/mol. The number of Topliss-reactive ketones (excluding diaryl/α,β-unsaturated/α-hetero) is 1. The van der Waals surface area contributed by atoms with Crippen molar-refractivity contribution >= 4 is 11.9 Å². The van der Waals surface area contributed by atoms with Gasteiger partial charge in [-0.3, -0.25) is 9.78 Å². The standard InChI is InChI=1S/C10H12N2O3/c1-8(13)6-12-10(14)15-7-9-2-4-11-5-3-9/h2-5H,6-7H2,1H3,(H,12,14). The van der Waals surface area contributed by atoms with Crippen LogP contribution in [0.5, 0.6) is 0 Å². The third kappa shape index (κ3) is 4.75. The monoisotopic (exact) mass is 208 g/mol. The van der Waals surface area contributed by atoms with Crippen molar-refractivity contribution in [1.82, 2.24) is 10.3 Å². The first-order chi connectivity index (χ1) is 7.18. The summed E-state index contributed by atoms with van der Waals surface area (Å²) in [5.74, 6) is -0.115. The quantitative estimate of drug-likeness (QED) is 0.798. The van der Waals surface area contributed by atoms with Crippen molar-refractivity contribution in [3.05, 3.63) is 30.1 Å². The van der Waals surface area contributed by atoms with Gasteiger partial charge in [-0.25, -0.2) is 4.79 Å². The van der Waals surface area contributed by atoms with Crippen LogP contribution >= 0.6 is 0 Å². The van der Waals surface area contributed by atoms with E-state index < -0.39 is 6.09 Å².